The van der Waals surface area contributed by atoms with E-state index in [-0.39, 0.29) is 6.10 Å². The van der Waals surface area contributed by atoms with Gasteiger partial charge in [-0.2, -0.15) is 4.98 Å². The molecule has 0 saturated heterocycles. The van der Waals surface area contributed by atoms with Gasteiger partial charge in [0.2, 0.25) is 5.88 Å². The molecule has 0 radical (unpaired) electrons. The van der Waals surface area contributed by atoms with Gasteiger partial charge in [-0.15, -0.1) is 0 Å². The number of anilines is 1. The van der Waals surface area contributed by atoms with Crippen LogP contribution in [0.4, 0.5) is 5.82 Å². The molecular weight excluding hydrogens is 236 g/mol. The minimum absolute atomic E-state index is 0.130. The normalized spacial score (nSPS) is 12.6. The maximum atomic E-state index is 5.75. The first-order valence-electron chi connectivity index (χ1n) is 5.61. The lowest BCUT2D eigenvalue weighted by molar-refractivity contribution is 0.184. The molecule has 0 aliphatic carbocycles. The molecule has 1 rings (SSSR count). The van der Waals surface area contributed by atoms with Crippen LogP contribution >= 0.6 is 11.8 Å². The Bertz CT molecular complexity index is 337. The van der Waals surface area contributed by atoms with Crippen molar-refractivity contribution in [1.29, 1.82) is 0 Å². The van der Waals surface area contributed by atoms with Crippen molar-refractivity contribution in [3.8, 4) is 5.88 Å². The summed E-state index contributed by atoms with van der Waals surface area (Å²) in [6.45, 7) is 6.37. The van der Waals surface area contributed by atoms with Gasteiger partial charge >= 0.3 is 0 Å². The van der Waals surface area contributed by atoms with Crippen molar-refractivity contribution < 1.29 is 4.74 Å². The number of hydrogen-bond acceptors (Lipinski definition) is 6. The van der Waals surface area contributed by atoms with Crippen molar-refractivity contribution in [3.63, 3.8) is 0 Å². The molecule has 0 aliphatic heterocycles. The number of nitrogens with zero attached hydrogens (tertiary/aromatic N) is 2. The van der Waals surface area contributed by atoms with Gasteiger partial charge in [0.05, 0.1) is 6.10 Å². The van der Waals surface area contributed by atoms with E-state index in [1.54, 1.807) is 6.07 Å². The first kappa shape index (κ1) is 14.1. The number of nitrogens with one attached hydrogen (secondary N) is 1. The number of hydrogen-bond donors (Lipinski definition) is 2. The van der Waals surface area contributed by atoms with Crippen LogP contribution < -0.4 is 16.0 Å². The third kappa shape index (κ3) is 4.79. The Morgan fingerprint density at radius 3 is 2.65 bits per heavy atom. The summed E-state index contributed by atoms with van der Waals surface area (Å²) in [5.74, 6) is 7.07. The van der Waals surface area contributed by atoms with E-state index in [4.69, 9.17) is 10.6 Å². The number of thioether (sulfide) groups is 1. The van der Waals surface area contributed by atoms with Crippen molar-refractivity contribution in [2.45, 2.75) is 38.5 Å². The van der Waals surface area contributed by atoms with Gasteiger partial charge in [0.25, 0.3) is 0 Å². The summed E-state index contributed by atoms with van der Waals surface area (Å²) in [4.78, 5) is 8.46. The average molecular weight is 256 g/mol. The fourth-order valence-electron chi connectivity index (χ4n) is 1.55. The number of aromatic nitrogens is 2. The fourth-order valence-corrected chi connectivity index (χ4v) is 1.92. The fraction of sp³-hybridized carbons (Fsp3) is 0.636. The van der Waals surface area contributed by atoms with Crippen molar-refractivity contribution in [2.75, 3.05) is 11.7 Å². The minimum atomic E-state index is 0.130. The van der Waals surface area contributed by atoms with Crippen LogP contribution in [0.1, 0.15) is 27.2 Å². The zero-order valence-electron chi connectivity index (χ0n) is 10.7. The lowest BCUT2D eigenvalue weighted by atomic mass is 10.1. The van der Waals surface area contributed by atoms with Crippen LogP contribution in [0.3, 0.4) is 0 Å². The summed E-state index contributed by atoms with van der Waals surface area (Å²) in [6.07, 6.45) is 3.03. The standard InChI is InChI=1S/C11H20N4OS/c1-7(2)5-8(3)16-10-6-9(15-12)13-11(14-10)17-4/h6-8H,5,12H2,1-4H3,(H,13,14,15). The second-order valence-corrected chi connectivity index (χ2v) is 5.05. The maximum Gasteiger partial charge on any atom is 0.219 e. The van der Waals surface area contributed by atoms with Crippen LogP contribution in [-0.4, -0.2) is 22.3 Å². The van der Waals surface area contributed by atoms with E-state index in [2.05, 4.69) is 29.2 Å². The van der Waals surface area contributed by atoms with Gasteiger partial charge in [-0.05, 0) is 25.5 Å². The minimum Gasteiger partial charge on any atom is -0.474 e. The van der Waals surface area contributed by atoms with Crippen molar-refractivity contribution >= 4 is 17.6 Å². The van der Waals surface area contributed by atoms with Crippen LogP contribution in [0.2, 0.25) is 0 Å². The highest BCUT2D eigenvalue weighted by Gasteiger charge is 2.10. The predicted octanol–water partition coefficient (Wildman–Crippen LogP) is 2.30. The number of ether oxygens (including phenoxy) is 1. The van der Waals surface area contributed by atoms with Crippen LogP contribution in [0.25, 0.3) is 0 Å². The Hall–Kier alpha value is -1.01. The van der Waals surface area contributed by atoms with E-state index in [0.29, 0.717) is 22.8 Å². The first-order chi connectivity index (χ1) is 8.05. The highest BCUT2D eigenvalue weighted by molar-refractivity contribution is 7.98. The van der Waals surface area contributed by atoms with E-state index in [1.807, 2.05) is 13.2 Å². The van der Waals surface area contributed by atoms with Gasteiger partial charge in [-0.1, -0.05) is 25.6 Å². The molecule has 6 heteroatoms. The third-order valence-corrected chi connectivity index (χ3v) is 2.69. The summed E-state index contributed by atoms with van der Waals surface area (Å²) in [5.41, 5.74) is 2.51. The summed E-state index contributed by atoms with van der Waals surface area (Å²) in [6, 6.07) is 1.70. The maximum absolute atomic E-state index is 5.75. The number of rotatable bonds is 6. The molecule has 0 fully saturated rings. The number of hydrazine groups is 1. The van der Waals surface area contributed by atoms with E-state index >= 15 is 0 Å². The molecule has 17 heavy (non-hydrogen) atoms. The zero-order chi connectivity index (χ0) is 12.8. The van der Waals surface area contributed by atoms with Crippen LogP contribution in [0.15, 0.2) is 11.2 Å². The van der Waals surface area contributed by atoms with Crippen molar-refractivity contribution in [2.24, 2.45) is 11.8 Å². The van der Waals surface area contributed by atoms with Crippen molar-refractivity contribution in [3.05, 3.63) is 6.07 Å². The van der Waals surface area contributed by atoms with E-state index in [1.165, 1.54) is 11.8 Å². The molecule has 0 bridgehead atoms. The highest BCUT2D eigenvalue weighted by Crippen LogP contribution is 2.20. The molecule has 0 aromatic carbocycles. The SMILES string of the molecule is CSc1nc(NN)cc(OC(C)CC(C)C)n1. The second kappa shape index (κ2) is 6.66. The molecule has 0 aliphatic rings. The molecule has 0 saturated carbocycles. The molecule has 5 nitrogen and oxygen atoms in total. The molecule has 96 valence electrons. The molecule has 3 N–H and O–H groups in total. The summed E-state index contributed by atoms with van der Waals surface area (Å²) < 4.78 is 5.75. The van der Waals surface area contributed by atoms with Crippen LogP contribution in [0, 0.1) is 5.92 Å². The highest BCUT2D eigenvalue weighted by atomic mass is 32.2. The molecule has 1 atom stereocenters. The largest absolute Gasteiger partial charge is 0.474 e. The topological polar surface area (TPSA) is 73.1 Å². The summed E-state index contributed by atoms with van der Waals surface area (Å²) >= 11 is 1.46. The van der Waals surface area contributed by atoms with E-state index in [9.17, 15) is 0 Å². The van der Waals surface area contributed by atoms with Crippen molar-refractivity contribution in [1.82, 2.24) is 9.97 Å². The Morgan fingerprint density at radius 2 is 2.12 bits per heavy atom. The quantitative estimate of drug-likeness (QED) is 0.352. The molecule has 1 aromatic rings. The monoisotopic (exact) mass is 256 g/mol. The van der Waals surface area contributed by atoms with E-state index in [0.717, 1.165) is 6.42 Å². The molecule has 0 amide bonds. The smallest absolute Gasteiger partial charge is 0.219 e. The zero-order valence-corrected chi connectivity index (χ0v) is 11.5. The van der Waals surface area contributed by atoms with Gasteiger partial charge < -0.3 is 10.2 Å². The Morgan fingerprint density at radius 1 is 1.41 bits per heavy atom. The lowest BCUT2D eigenvalue weighted by Gasteiger charge is -2.16. The molecule has 1 heterocycles. The molecular formula is C11H20N4OS. The second-order valence-electron chi connectivity index (χ2n) is 4.28. The Balaban J connectivity index is 2.75. The molecule has 1 aromatic heterocycles. The summed E-state index contributed by atoms with van der Waals surface area (Å²) in [7, 11) is 0. The third-order valence-electron chi connectivity index (χ3n) is 2.14. The average Bonchev–Trinajstić information content (AvgIpc) is 2.27. The Kier molecular flexibility index (Phi) is 5.50. The van der Waals surface area contributed by atoms with Gasteiger partial charge in [-0.25, -0.2) is 10.8 Å². The summed E-state index contributed by atoms with van der Waals surface area (Å²) in [5, 5.41) is 0.646. The van der Waals surface area contributed by atoms with Gasteiger partial charge in [0.1, 0.15) is 5.82 Å². The van der Waals surface area contributed by atoms with Gasteiger partial charge in [-0.3, -0.25) is 0 Å². The van der Waals surface area contributed by atoms with Gasteiger partial charge in [0, 0.05) is 6.07 Å². The number of nitrogens with two attached hydrogens (primary N) is 1. The number of nitrogen functional groups attached to an aromatic ring is 1. The molecule has 0 spiro atoms. The Labute approximate surface area is 107 Å². The predicted molar refractivity (Wildman–Crippen MR) is 71.2 cm³/mol. The van der Waals surface area contributed by atoms with E-state index < -0.39 is 0 Å². The first-order valence-corrected chi connectivity index (χ1v) is 6.84. The van der Waals surface area contributed by atoms with Gasteiger partial charge in [0.15, 0.2) is 5.16 Å². The van der Waals surface area contributed by atoms with Crippen LogP contribution in [0.5, 0.6) is 5.88 Å². The van der Waals surface area contributed by atoms with Crippen LogP contribution in [-0.2, 0) is 0 Å². The molecule has 1 unspecified atom stereocenters. The lowest BCUT2D eigenvalue weighted by Crippen LogP contribution is -2.16.